The molecule has 6 N–H and O–H groups in total. The fourth-order valence-electron chi connectivity index (χ4n) is 3.31. The van der Waals surface area contributed by atoms with Gasteiger partial charge in [0.05, 0.1) is 0 Å². The molecular formula is C25H29N3O7. The lowest BCUT2D eigenvalue weighted by Crippen LogP contribution is -2.43. The predicted octanol–water partition coefficient (Wildman–Crippen LogP) is 1.48. The zero-order valence-corrected chi connectivity index (χ0v) is 19.2. The van der Waals surface area contributed by atoms with E-state index in [-0.39, 0.29) is 25.2 Å². The Hall–Kier alpha value is -4.18. The Morgan fingerprint density at radius 3 is 2.00 bits per heavy atom. The summed E-state index contributed by atoms with van der Waals surface area (Å²) in [5.74, 6) is -3.09. The number of para-hydroxylation sites is 1. The Bertz CT molecular complexity index is 1140. The van der Waals surface area contributed by atoms with Gasteiger partial charge in [-0.25, -0.2) is 9.59 Å². The molecule has 0 aliphatic rings. The van der Waals surface area contributed by atoms with Gasteiger partial charge in [-0.1, -0.05) is 55.5 Å². The number of aromatic nitrogens is 1. The number of hydrogen-bond acceptors (Lipinski definition) is 5. The third-order valence-electron chi connectivity index (χ3n) is 5.11. The SMILES string of the molecule is CCC(=O)NC(Cc1c[nH]c2ccccc12)C(=O)O.O=C(CO)NC(Cc1ccccc1)C(=O)O. The number of carboxylic acids is 2. The summed E-state index contributed by atoms with van der Waals surface area (Å²) in [6.45, 7) is 0.985. The summed E-state index contributed by atoms with van der Waals surface area (Å²) in [5.41, 5.74) is 2.66. The van der Waals surface area contributed by atoms with Crippen molar-refractivity contribution in [1.29, 1.82) is 0 Å². The van der Waals surface area contributed by atoms with Crippen molar-refractivity contribution in [1.82, 2.24) is 15.6 Å². The molecule has 0 spiro atoms. The highest BCUT2D eigenvalue weighted by molar-refractivity contribution is 5.86. The molecule has 3 rings (SSSR count). The maximum atomic E-state index is 11.3. The summed E-state index contributed by atoms with van der Waals surface area (Å²) < 4.78 is 0. The van der Waals surface area contributed by atoms with Crippen LogP contribution in [0.1, 0.15) is 24.5 Å². The van der Waals surface area contributed by atoms with Gasteiger partial charge in [0.25, 0.3) is 0 Å². The minimum Gasteiger partial charge on any atom is -0.480 e. The number of benzene rings is 2. The van der Waals surface area contributed by atoms with E-state index in [1.165, 1.54) is 0 Å². The molecule has 2 aromatic carbocycles. The summed E-state index contributed by atoms with van der Waals surface area (Å²) in [6, 6.07) is 14.7. The number of H-pyrrole nitrogens is 1. The first-order valence-corrected chi connectivity index (χ1v) is 11.0. The topological polar surface area (TPSA) is 169 Å². The molecule has 0 fully saturated rings. The molecule has 1 aromatic heterocycles. The minimum atomic E-state index is -1.12. The van der Waals surface area contributed by atoms with Crippen LogP contribution in [0.25, 0.3) is 10.9 Å². The predicted molar refractivity (Wildman–Crippen MR) is 129 cm³/mol. The average Bonchev–Trinajstić information content (AvgIpc) is 3.26. The smallest absolute Gasteiger partial charge is 0.326 e. The van der Waals surface area contributed by atoms with Gasteiger partial charge in [0.2, 0.25) is 11.8 Å². The van der Waals surface area contributed by atoms with E-state index in [1.807, 2.05) is 30.3 Å². The van der Waals surface area contributed by atoms with Gasteiger partial charge < -0.3 is 30.9 Å². The van der Waals surface area contributed by atoms with Crippen molar-refractivity contribution >= 4 is 34.7 Å². The number of amides is 2. The molecule has 10 nitrogen and oxygen atoms in total. The minimum absolute atomic E-state index is 0.196. The zero-order valence-electron chi connectivity index (χ0n) is 19.2. The van der Waals surface area contributed by atoms with Gasteiger partial charge in [0.15, 0.2) is 0 Å². The lowest BCUT2D eigenvalue weighted by molar-refractivity contribution is -0.142. The van der Waals surface area contributed by atoms with E-state index in [2.05, 4.69) is 15.6 Å². The van der Waals surface area contributed by atoms with Crippen LogP contribution >= 0.6 is 0 Å². The first-order valence-electron chi connectivity index (χ1n) is 11.0. The van der Waals surface area contributed by atoms with Gasteiger partial charge >= 0.3 is 11.9 Å². The second kappa shape index (κ2) is 13.5. The maximum Gasteiger partial charge on any atom is 0.326 e. The molecule has 2 unspecified atom stereocenters. The second-order valence-corrected chi connectivity index (χ2v) is 7.68. The molecule has 0 bridgehead atoms. The number of aliphatic hydroxyl groups is 1. The fraction of sp³-hybridized carbons (Fsp3) is 0.280. The van der Waals surface area contributed by atoms with Crippen LogP contribution in [0, 0.1) is 0 Å². The molecule has 0 saturated heterocycles. The van der Waals surface area contributed by atoms with Crippen LogP contribution < -0.4 is 10.6 Å². The van der Waals surface area contributed by atoms with Crippen molar-refractivity contribution in [2.45, 2.75) is 38.3 Å². The lowest BCUT2D eigenvalue weighted by atomic mass is 10.0. The molecule has 1 heterocycles. The van der Waals surface area contributed by atoms with Gasteiger partial charge in [-0.15, -0.1) is 0 Å². The molecule has 0 aliphatic carbocycles. The number of carbonyl (C=O) groups is 4. The highest BCUT2D eigenvalue weighted by atomic mass is 16.4. The zero-order chi connectivity index (χ0) is 25.8. The largest absolute Gasteiger partial charge is 0.480 e. The summed E-state index contributed by atoms with van der Waals surface area (Å²) in [5, 5.41) is 32.3. The molecule has 0 saturated carbocycles. The van der Waals surface area contributed by atoms with Crippen LogP contribution in [0.15, 0.2) is 60.8 Å². The van der Waals surface area contributed by atoms with E-state index < -0.39 is 36.5 Å². The number of nitrogens with one attached hydrogen (secondary N) is 3. The van der Waals surface area contributed by atoms with E-state index in [9.17, 15) is 19.2 Å². The highest BCUT2D eigenvalue weighted by Crippen LogP contribution is 2.19. The number of aliphatic hydroxyl groups excluding tert-OH is 1. The molecule has 10 heteroatoms. The summed E-state index contributed by atoms with van der Waals surface area (Å²) in [4.78, 5) is 47.4. The number of carbonyl (C=O) groups excluding carboxylic acids is 2. The van der Waals surface area contributed by atoms with E-state index in [1.54, 1.807) is 37.4 Å². The quantitative estimate of drug-likeness (QED) is 0.254. The van der Waals surface area contributed by atoms with Crippen LogP contribution in [0.3, 0.4) is 0 Å². The Balaban J connectivity index is 0.000000251. The highest BCUT2D eigenvalue weighted by Gasteiger charge is 2.21. The Kier molecular flexibility index (Phi) is 10.4. The number of aromatic amines is 1. The van der Waals surface area contributed by atoms with Gasteiger partial charge in [-0.05, 0) is 17.2 Å². The first-order chi connectivity index (χ1) is 16.7. The normalized spacial score (nSPS) is 12.1. The number of rotatable bonds is 10. The Labute approximate surface area is 202 Å². The van der Waals surface area contributed by atoms with Crippen LogP contribution in [0.2, 0.25) is 0 Å². The van der Waals surface area contributed by atoms with Gasteiger partial charge in [0, 0.05) is 36.4 Å². The third kappa shape index (κ3) is 8.59. The summed E-state index contributed by atoms with van der Waals surface area (Å²) in [6.07, 6.45) is 2.53. The molecular weight excluding hydrogens is 454 g/mol. The monoisotopic (exact) mass is 483 g/mol. The number of aliphatic carboxylic acids is 2. The van der Waals surface area contributed by atoms with Gasteiger partial charge in [-0.2, -0.15) is 0 Å². The van der Waals surface area contributed by atoms with Crippen LogP contribution in [-0.4, -0.2) is 62.7 Å². The summed E-state index contributed by atoms with van der Waals surface area (Å²) >= 11 is 0. The van der Waals surface area contributed by atoms with E-state index in [4.69, 9.17) is 15.3 Å². The third-order valence-corrected chi connectivity index (χ3v) is 5.11. The second-order valence-electron chi connectivity index (χ2n) is 7.68. The fourth-order valence-corrected chi connectivity index (χ4v) is 3.31. The number of carboxylic acid groups (broad SMARTS) is 2. The summed E-state index contributed by atoms with van der Waals surface area (Å²) in [7, 11) is 0. The molecule has 0 aliphatic heterocycles. The number of hydrogen-bond donors (Lipinski definition) is 6. The van der Waals surface area contributed by atoms with Crippen molar-refractivity contribution in [3.05, 3.63) is 71.9 Å². The molecule has 186 valence electrons. The molecule has 2 amide bonds. The first kappa shape index (κ1) is 27.1. The van der Waals surface area contributed by atoms with E-state index in [0.29, 0.717) is 0 Å². The molecule has 3 aromatic rings. The van der Waals surface area contributed by atoms with Crippen molar-refractivity contribution in [3.8, 4) is 0 Å². The Morgan fingerprint density at radius 1 is 0.829 bits per heavy atom. The van der Waals surface area contributed by atoms with E-state index >= 15 is 0 Å². The average molecular weight is 484 g/mol. The van der Waals surface area contributed by atoms with Crippen LogP contribution in [0.4, 0.5) is 0 Å². The number of fused-ring (bicyclic) bond motifs is 1. The van der Waals surface area contributed by atoms with Crippen molar-refractivity contribution in [2.24, 2.45) is 0 Å². The molecule has 2 atom stereocenters. The Morgan fingerprint density at radius 2 is 1.40 bits per heavy atom. The maximum absolute atomic E-state index is 11.3. The standard InChI is InChI=1S/C14H16N2O3.C11H13NO4/c1-2-13(17)16-12(14(18)19)7-9-8-15-11-6-4-3-5-10(9)11;13-7-10(14)12-9(11(15)16)6-8-4-2-1-3-5-8/h3-6,8,12,15H,2,7H2,1H3,(H,16,17)(H,18,19);1-5,9,13H,6-7H2,(H,12,14)(H,15,16). The van der Waals surface area contributed by atoms with Crippen LogP contribution in [-0.2, 0) is 32.0 Å². The van der Waals surface area contributed by atoms with Gasteiger partial charge in [-0.3, -0.25) is 9.59 Å². The lowest BCUT2D eigenvalue weighted by Gasteiger charge is -2.13. The van der Waals surface area contributed by atoms with Crippen molar-refractivity contribution in [2.75, 3.05) is 6.61 Å². The van der Waals surface area contributed by atoms with Crippen LogP contribution in [0.5, 0.6) is 0 Å². The van der Waals surface area contributed by atoms with E-state index in [0.717, 1.165) is 22.0 Å². The van der Waals surface area contributed by atoms with Crippen molar-refractivity contribution < 1.29 is 34.5 Å². The van der Waals surface area contributed by atoms with Gasteiger partial charge in [0.1, 0.15) is 18.7 Å². The molecule has 35 heavy (non-hydrogen) atoms. The van der Waals surface area contributed by atoms with Crippen molar-refractivity contribution in [3.63, 3.8) is 0 Å². The molecule has 0 radical (unpaired) electrons.